The third-order valence-electron chi connectivity index (χ3n) is 5.71. The highest BCUT2D eigenvalue weighted by Crippen LogP contribution is 2.22. The second-order valence-electron chi connectivity index (χ2n) is 7.80. The molecule has 4 nitrogen and oxygen atoms in total. The zero-order valence-electron chi connectivity index (χ0n) is 17.0. The number of halogens is 1. The summed E-state index contributed by atoms with van der Waals surface area (Å²) in [6, 6.07) is 17.0. The fourth-order valence-electron chi connectivity index (χ4n) is 3.90. The molecule has 0 unspecified atom stereocenters. The van der Waals surface area contributed by atoms with Gasteiger partial charge >= 0.3 is 0 Å². The van der Waals surface area contributed by atoms with Crippen LogP contribution < -0.4 is 0 Å². The van der Waals surface area contributed by atoms with Crippen LogP contribution in [0.2, 0.25) is 0 Å². The molecule has 0 spiro atoms. The van der Waals surface area contributed by atoms with E-state index in [1.165, 1.54) is 23.5 Å². The number of piperidine rings is 1. The minimum Gasteiger partial charge on any atom is -0.341 e. The van der Waals surface area contributed by atoms with Crippen molar-refractivity contribution >= 4 is 11.8 Å². The van der Waals surface area contributed by atoms with Crippen LogP contribution in [0.4, 0.5) is 4.39 Å². The lowest BCUT2D eigenvalue weighted by Gasteiger charge is -2.33. The minimum absolute atomic E-state index is 0.0214. The van der Waals surface area contributed by atoms with Crippen LogP contribution in [0.15, 0.2) is 54.6 Å². The number of nitrogens with zero attached hydrogens (tertiary/aromatic N) is 2. The molecule has 0 aromatic heterocycles. The molecule has 1 aliphatic rings. The first-order valence-corrected chi connectivity index (χ1v) is 10.3. The first-order valence-electron chi connectivity index (χ1n) is 10.3. The average molecular weight is 397 g/mol. The zero-order chi connectivity index (χ0) is 20.6. The first-order chi connectivity index (χ1) is 14.0. The maximum Gasteiger partial charge on any atom is 0.242 e. The summed E-state index contributed by atoms with van der Waals surface area (Å²) in [5.74, 6) is 0.134. The Morgan fingerprint density at radius 2 is 1.69 bits per heavy atom. The number of rotatable bonds is 7. The molecule has 0 atom stereocenters. The molecular formula is C24H29FN2O2. The van der Waals surface area contributed by atoms with Gasteiger partial charge in [0, 0.05) is 26.6 Å². The Kier molecular flexibility index (Phi) is 7.39. The standard InChI is InChI=1S/C24H29FN2O2/c1-19(28)27(16-13-22-9-5-6-10-23(22)25)18-24(29)26-14-11-21(12-15-26)17-20-7-3-2-4-8-20/h2-10,21H,11-18H2,1H3. The van der Waals surface area contributed by atoms with Gasteiger partial charge in [-0.05, 0) is 48.8 Å². The summed E-state index contributed by atoms with van der Waals surface area (Å²) >= 11 is 0. The van der Waals surface area contributed by atoms with Crippen molar-refractivity contribution < 1.29 is 14.0 Å². The van der Waals surface area contributed by atoms with Crippen molar-refractivity contribution in [3.05, 3.63) is 71.5 Å². The van der Waals surface area contributed by atoms with Crippen molar-refractivity contribution in [1.82, 2.24) is 9.80 Å². The molecule has 2 amide bonds. The Balaban J connectivity index is 1.48. The van der Waals surface area contributed by atoms with Crippen molar-refractivity contribution in [2.75, 3.05) is 26.2 Å². The number of hydrogen-bond acceptors (Lipinski definition) is 2. The maximum absolute atomic E-state index is 13.8. The fourth-order valence-corrected chi connectivity index (χ4v) is 3.90. The number of benzene rings is 2. The summed E-state index contributed by atoms with van der Waals surface area (Å²) in [6.45, 7) is 3.32. The van der Waals surface area contributed by atoms with E-state index in [9.17, 15) is 14.0 Å². The van der Waals surface area contributed by atoms with E-state index in [0.717, 1.165) is 32.4 Å². The minimum atomic E-state index is -0.275. The van der Waals surface area contributed by atoms with Gasteiger partial charge in [-0.1, -0.05) is 48.5 Å². The topological polar surface area (TPSA) is 40.6 Å². The van der Waals surface area contributed by atoms with E-state index in [1.807, 2.05) is 11.0 Å². The molecule has 0 saturated carbocycles. The number of hydrogen-bond donors (Lipinski definition) is 0. The Hall–Kier alpha value is -2.69. The van der Waals surface area contributed by atoms with Gasteiger partial charge in [0.2, 0.25) is 11.8 Å². The third-order valence-corrected chi connectivity index (χ3v) is 5.71. The molecule has 29 heavy (non-hydrogen) atoms. The van der Waals surface area contributed by atoms with Crippen molar-refractivity contribution in [3.63, 3.8) is 0 Å². The van der Waals surface area contributed by atoms with Gasteiger partial charge in [0.05, 0.1) is 6.54 Å². The lowest BCUT2D eigenvalue weighted by Crippen LogP contribution is -2.46. The molecule has 1 heterocycles. The summed E-state index contributed by atoms with van der Waals surface area (Å²) in [7, 11) is 0. The smallest absolute Gasteiger partial charge is 0.242 e. The van der Waals surface area contributed by atoms with E-state index in [0.29, 0.717) is 24.4 Å². The van der Waals surface area contributed by atoms with E-state index in [2.05, 4.69) is 24.3 Å². The maximum atomic E-state index is 13.8. The molecule has 5 heteroatoms. The highest BCUT2D eigenvalue weighted by atomic mass is 19.1. The number of carbonyl (C=O) groups is 2. The van der Waals surface area contributed by atoms with E-state index >= 15 is 0 Å². The van der Waals surface area contributed by atoms with Crippen LogP contribution in [0.5, 0.6) is 0 Å². The Morgan fingerprint density at radius 1 is 1.03 bits per heavy atom. The van der Waals surface area contributed by atoms with Gasteiger partial charge in [0.15, 0.2) is 0 Å². The van der Waals surface area contributed by atoms with Crippen molar-refractivity contribution in [2.24, 2.45) is 5.92 Å². The Labute approximate surface area is 172 Å². The van der Waals surface area contributed by atoms with Crippen LogP contribution >= 0.6 is 0 Å². The van der Waals surface area contributed by atoms with Crippen LogP contribution in [-0.4, -0.2) is 47.8 Å². The summed E-state index contributed by atoms with van der Waals surface area (Å²) < 4.78 is 13.8. The zero-order valence-corrected chi connectivity index (χ0v) is 17.0. The molecule has 1 aliphatic heterocycles. The number of carbonyl (C=O) groups excluding carboxylic acids is 2. The van der Waals surface area contributed by atoms with Gasteiger partial charge in [-0.15, -0.1) is 0 Å². The SMILES string of the molecule is CC(=O)N(CCc1ccccc1F)CC(=O)N1CCC(Cc2ccccc2)CC1. The van der Waals surface area contributed by atoms with Crippen LogP contribution in [0, 0.1) is 11.7 Å². The molecule has 2 aromatic rings. The number of amides is 2. The van der Waals surface area contributed by atoms with Gasteiger partial charge in [-0.2, -0.15) is 0 Å². The van der Waals surface area contributed by atoms with Gasteiger partial charge in [0.25, 0.3) is 0 Å². The van der Waals surface area contributed by atoms with Crippen LogP contribution in [0.3, 0.4) is 0 Å². The molecule has 1 saturated heterocycles. The van der Waals surface area contributed by atoms with E-state index in [1.54, 1.807) is 18.2 Å². The van der Waals surface area contributed by atoms with Gasteiger partial charge in [-0.25, -0.2) is 4.39 Å². The van der Waals surface area contributed by atoms with Crippen molar-refractivity contribution in [3.8, 4) is 0 Å². The lowest BCUT2D eigenvalue weighted by atomic mass is 9.90. The van der Waals surface area contributed by atoms with Gasteiger partial charge < -0.3 is 9.80 Å². The average Bonchev–Trinajstić information content (AvgIpc) is 2.73. The molecule has 0 bridgehead atoms. The third kappa shape index (κ3) is 6.14. The monoisotopic (exact) mass is 396 g/mol. The second kappa shape index (κ2) is 10.2. The highest BCUT2D eigenvalue weighted by Gasteiger charge is 2.25. The summed E-state index contributed by atoms with van der Waals surface area (Å²) in [6.07, 6.45) is 3.41. The molecular weight excluding hydrogens is 367 g/mol. The Morgan fingerprint density at radius 3 is 2.34 bits per heavy atom. The van der Waals surface area contributed by atoms with Gasteiger partial charge in [-0.3, -0.25) is 9.59 Å². The van der Waals surface area contributed by atoms with Crippen molar-refractivity contribution in [2.45, 2.75) is 32.6 Å². The molecule has 1 fully saturated rings. The largest absolute Gasteiger partial charge is 0.341 e. The highest BCUT2D eigenvalue weighted by molar-refractivity contribution is 5.83. The van der Waals surface area contributed by atoms with E-state index in [-0.39, 0.29) is 24.2 Å². The van der Waals surface area contributed by atoms with Crippen LogP contribution in [-0.2, 0) is 22.4 Å². The number of likely N-dealkylation sites (tertiary alicyclic amines) is 1. The quantitative estimate of drug-likeness (QED) is 0.716. The summed E-state index contributed by atoms with van der Waals surface area (Å²) in [5.41, 5.74) is 1.90. The molecule has 0 radical (unpaired) electrons. The summed E-state index contributed by atoms with van der Waals surface area (Å²) in [4.78, 5) is 28.1. The molecule has 0 aliphatic carbocycles. The first kappa shape index (κ1) is 21.0. The van der Waals surface area contributed by atoms with Crippen molar-refractivity contribution in [1.29, 1.82) is 0 Å². The normalized spacial score (nSPS) is 14.6. The van der Waals surface area contributed by atoms with E-state index in [4.69, 9.17) is 0 Å². The predicted octanol–water partition coefficient (Wildman–Crippen LogP) is 3.70. The Bertz CT molecular complexity index is 817. The molecule has 0 N–H and O–H groups in total. The van der Waals surface area contributed by atoms with Crippen LogP contribution in [0.25, 0.3) is 0 Å². The molecule has 3 rings (SSSR count). The van der Waals surface area contributed by atoms with Gasteiger partial charge in [0.1, 0.15) is 5.82 Å². The molecule has 2 aromatic carbocycles. The van der Waals surface area contributed by atoms with E-state index < -0.39 is 0 Å². The predicted molar refractivity (Wildman–Crippen MR) is 112 cm³/mol. The molecule has 154 valence electrons. The summed E-state index contributed by atoms with van der Waals surface area (Å²) in [5, 5.41) is 0. The second-order valence-corrected chi connectivity index (χ2v) is 7.80. The fraction of sp³-hybridized carbons (Fsp3) is 0.417. The lowest BCUT2D eigenvalue weighted by molar-refractivity contribution is -0.140. The van der Waals surface area contributed by atoms with Crippen LogP contribution in [0.1, 0.15) is 30.9 Å².